The van der Waals surface area contributed by atoms with Gasteiger partial charge in [-0.05, 0) is 0 Å². The third kappa shape index (κ3) is 3.70. The molecule has 0 spiro atoms. The van der Waals surface area contributed by atoms with Crippen LogP contribution in [-0.4, -0.2) is 10.8 Å². The van der Waals surface area contributed by atoms with Crippen molar-refractivity contribution >= 4 is 14.8 Å². The molecule has 5 heavy (non-hydrogen) atoms. The van der Waals surface area contributed by atoms with Crippen LogP contribution >= 0.6 is 9.24 Å². The van der Waals surface area contributed by atoms with E-state index < -0.39 is 0 Å². The molecule has 0 saturated carbocycles. The van der Waals surface area contributed by atoms with E-state index in [2.05, 4.69) is 5.16 Å². The first-order chi connectivity index (χ1) is 2.27. The first kappa shape index (κ1) is 4.70. The van der Waals surface area contributed by atoms with Crippen molar-refractivity contribution in [1.82, 2.24) is 0 Å². The Balaban J connectivity index is 3.14. The summed E-state index contributed by atoms with van der Waals surface area (Å²) in [6.07, 6.45) is 0. The fraction of sp³-hybridized carbons (Fsp3) is 0. The molecule has 0 rings (SSSR count). The SMILES string of the molecule is NC(P)=NO. The first-order valence-corrected chi connectivity index (χ1v) is 1.58. The second-order valence-corrected chi connectivity index (χ2v) is 1.12. The van der Waals surface area contributed by atoms with Crippen LogP contribution in [0.3, 0.4) is 0 Å². The average Bonchev–Trinajstić information content (AvgIpc) is 1.38. The maximum Gasteiger partial charge on any atom is 0.155 e. The molecular weight excluding hydrogens is 87.0 g/mol. The maximum absolute atomic E-state index is 7.59. The number of hydrogen-bond acceptors (Lipinski definition) is 2. The summed E-state index contributed by atoms with van der Waals surface area (Å²) >= 11 is 0. The lowest BCUT2D eigenvalue weighted by Gasteiger charge is -1.73. The van der Waals surface area contributed by atoms with Crippen LogP contribution < -0.4 is 5.73 Å². The van der Waals surface area contributed by atoms with E-state index in [1.807, 2.05) is 9.24 Å². The zero-order chi connectivity index (χ0) is 4.28. The van der Waals surface area contributed by atoms with E-state index in [0.717, 1.165) is 0 Å². The van der Waals surface area contributed by atoms with Gasteiger partial charge in [-0.25, -0.2) is 0 Å². The standard InChI is InChI=1S/CH5N2OP/c2-1(5)3-4/h4H,5H2,(H2,2,3). The van der Waals surface area contributed by atoms with E-state index in [1.54, 1.807) is 0 Å². The van der Waals surface area contributed by atoms with E-state index in [4.69, 9.17) is 10.9 Å². The van der Waals surface area contributed by atoms with Crippen LogP contribution in [0, 0.1) is 0 Å². The molecule has 0 radical (unpaired) electrons. The minimum Gasteiger partial charge on any atom is -0.409 e. The zero-order valence-corrected chi connectivity index (χ0v) is 3.70. The average molecular weight is 92.0 g/mol. The molecule has 0 heterocycles. The van der Waals surface area contributed by atoms with Gasteiger partial charge in [0.05, 0.1) is 0 Å². The van der Waals surface area contributed by atoms with Crippen molar-refractivity contribution in [2.75, 3.05) is 0 Å². The minimum absolute atomic E-state index is 0.102. The Morgan fingerprint density at radius 1 is 2.00 bits per heavy atom. The van der Waals surface area contributed by atoms with Crippen molar-refractivity contribution in [2.24, 2.45) is 10.9 Å². The first-order valence-electron chi connectivity index (χ1n) is 1.00. The predicted octanol–water partition coefficient (Wildman–Crippen LogP) is -0.435. The lowest BCUT2D eigenvalue weighted by molar-refractivity contribution is 0.320. The van der Waals surface area contributed by atoms with Gasteiger partial charge in [-0.2, -0.15) is 0 Å². The van der Waals surface area contributed by atoms with Gasteiger partial charge < -0.3 is 10.9 Å². The van der Waals surface area contributed by atoms with Crippen LogP contribution in [0.5, 0.6) is 0 Å². The maximum atomic E-state index is 7.59. The predicted molar refractivity (Wildman–Crippen MR) is 23.1 cm³/mol. The monoisotopic (exact) mass is 92.0 g/mol. The second-order valence-electron chi connectivity index (χ2n) is 0.525. The smallest absolute Gasteiger partial charge is 0.155 e. The Kier molecular flexibility index (Phi) is 1.85. The van der Waals surface area contributed by atoms with E-state index in [-0.39, 0.29) is 5.58 Å². The highest BCUT2D eigenvalue weighted by Gasteiger charge is 1.64. The molecule has 0 aliphatic carbocycles. The fourth-order valence-electron chi connectivity index (χ4n) is 0. The largest absolute Gasteiger partial charge is 0.409 e. The molecular formula is CH5N2OP. The summed E-state index contributed by atoms with van der Waals surface area (Å²) in [6, 6.07) is 0. The molecule has 0 fully saturated rings. The number of hydrogen-bond donors (Lipinski definition) is 2. The topological polar surface area (TPSA) is 58.6 Å². The molecule has 0 bridgehead atoms. The number of amidine groups is 1. The molecule has 30 valence electrons. The van der Waals surface area contributed by atoms with Crippen LogP contribution in [0.25, 0.3) is 0 Å². The summed E-state index contributed by atoms with van der Waals surface area (Å²) in [6.45, 7) is 0. The van der Waals surface area contributed by atoms with Crippen LogP contribution in [0.4, 0.5) is 0 Å². The van der Waals surface area contributed by atoms with Gasteiger partial charge >= 0.3 is 0 Å². The molecule has 0 saturated heterocycles. The zero-order valence-electron chi connectivity index (χ0n) is 2.55. The lowest BCUT2D eigenvalue weighted by Crippen LogP contribution is -1.98. The van der Waals surface area contributed by atoms with Gasteiger partial charge in [0.1, 0.15) is 0 Å². The number of nitrogens with two attached hydrogens (primary N) is 1. The van der Waals surface area contributed by atoms with Crippen molar-refractivity contribution in [3.8, 4) is 0 Å². The Morgan fingerprint density at radius 2 is 2.20 bits per heavy atom. The number of rotatable bonds is 0. The Bertz CT molecular complexity index is 47.6. The highest BCUT2D eigenvalue weighted by molar-refractivity contribution is 7.40. The van der Waals surface area contributed by atoms with Crippen molar-refractivity contribution in [3.05, 3.63) is 0 Å². The fourth-order valence-corrected chi connectivity index (χ4v) is 0. The Hall–Kier alpha value is -0.300. The van der Waals surface area contributed by atoms with E-state index in [9.17, 15) is 0 Å². The molecule has 1 unspecified atom stereocenters. The van der Waals surface area contributed by atoms with Gasteiger partial charge in [0.15, 0.2) is 5.58 Å². The quantitative estimate of drug-likeness (QED) is 0.140. The molecule has 0 aromatic carbocycles. The third-order valence-electron chi connectivity index (χ3n) is 0.115. The minimum atomic E-state index is 0.102. The highest BCUT2D eigenvalue weighted by Crippen LogP contribution is 1.73. The lowest BCUT2D eigenvalue weighted by atomic mass is 11.4. The second kappa shape index (κ2) is 1.97. The van der Waals surface area contributed by atoms with Crippen molar-refractivity contribution < 1.29 is 5.21 Å². The molecule has 0 aliphatic heterocycles. The van der Waals surface area contributed by atoms with Crippen LogP contribution in [0.15, 0.2) is 5.16 Å². The summed E-state index contributed by atoms with van der Waals surface area (Å²) in [4.78, 5) is 0. The summed E-state index contributed by atoms with van der Waals surface area (Å²) < 4.78 is 0. The third-order valence-corrected chi connectivity index (χ3v) is 0.231. The van der Waals surface area contributed by atoms with Gasteiger partial charge in [0.2, 0.25) is 0 Å². The van der Waals surface area contributed by atoms with Gasteiger partial charge in [0, 0.05) is 0 Å². The normalized spacial score (nSPS) is 11.8. The molecule has 0 amide bonds. The van der Waals surface area contributed by atoms with Crippen LogP contribution in [-0.2, 0) is 0 Å². The van der Waals surface area contributed by atoms with E-state index >= 15 is 0 Å². The van der Waals surface area contributed by atoms with Crippen LogP contribution in [0.2, 0.25) is 0 Å². The van der Waals surface area contributed by atoms with E-state index in [1.165, 1.54) is 0 Å². The van der Waals surface area contributed by atoms with E-state index in [0.29, 0.717) is 0 Å². The summed E-state index contributed by atoms with van der Waals surface area (Å²) in [5, 5.41) is 10.1. The highest BCUT2D eigenvalue weighted by atomic mass is 31.0. The molecule has 0 aromatic heterocycles. The molecule has 4 heteroatoms. The molecule has 0 aromatic rings. The van der Waals surface area contributed by atoms with Gasteiger partial charge in [-0.1, -0.05) is 14.4 Å². The number of oxime groups is 1. The van der Waals surface area contributed by atoms with Crippen LogP contribution in [0.1, 0.15) is 0 Å². The van der Waals surface area contributed by atoms with Crippen molar-refractivity contribution in [3.63, 3.8) is 0 Å². The van der Waals surface area contributed by atoms with Gasteiger partial charge in [-0.3, -0.25) is 0 Å². The van der Waals surface area contributed by atoms with Crippen molar-refractivity contribution in [2.45, 2.75) is 0 Å². The number of nitrogens with zero attached hydrogens (tertiary/aromatic N) is 1. The molecule has 3 N–H and O–H groups in total. The van der Waals surface area contributed by atoms with Crippen molar-refractivity contribution in [1.29, 1.82) is 0 Å². The summed E-state index contributed by atoms with van der Waals surface area (Å²) in [5.41, 5.74) is 4.86. The summed E-state index contributed by atoms with van der Waals surface area (Å²) in [5.74, 6) is 0. The Morgan fingerprint density at radius 3 is 2.20 bits per heavy atom. The van der Waals surface area contributed by atoms with Gasteiger partial charge in [-0.15, -0.1) is 0 Å². The Labute approximate surface area is 32.1 Å². The van der Waals surface area contributed by atoms with Gasteiger partial charge in [0.25, 0.3) is 0 Å². The molecule has 1 atom stereocenters. The molecule has 3 nitrogen and oxygen atoms in total. The molecule has 0 aliphatic rings. The summed E-state index contributed by atoms with van der Waals surface area (Å²) in [7, 11) is 2.01.